The number of aromatic amines is 1. The summed E-state index contributed by atoms with van der Waals surface area (Å²) in [6.45, 7) is 2.04. The number of hydrogen-bond donors (Lipinski definition) is 1. The Hall–Kier alpha value is -1.97. The maximum Gasteiger partial charge on any atom is 0.132 e. The molecule has 2 aromatic heterocycles. The lowest BCUT2D eigenvalue weighted by molar-refractivity contribution is -0.120. The molecule has 0 radical (unpaired) electrons. The molecule has 98 valence electrons. The monoisotopic (exact) mass is 255 g/mol. The Morgan fingerprint density at radius 3 is 2.58 bits per heavy atom. The summed E-state index contributed by atoms with van der Waals surface area (Å²) in [5, 5.41) is 0. The van der Waals surface area contributed by atoms with Gasteiger partial charge in [0.1, 0.15) is 11.6 Å². The number of ketones is 1. The average molecular weight is 255 g/mol. The molecule has 0 aliphatic heterocycles. The maximum absolute atomic E-state index is 11.3. The highest BCUT2D eigenvalue weighted by Crippen LogP contribution is 2.31. The van der Waals surface area contributed by atoms with Crippen molar-refractivity contribution in [1.82, 2.24) is 15.0 Å². The number of nitrogens with one attached hydrogen (secondary N) is 1. The molecule has 4 heteroatoms. The summed E-state index contributed by atoms with van der Waals surface area (Å²) in [5.41, 5.74) is 3.16. The van der Waals surface area contributed by atoms with Crippen molar-refractivity contribution in [3.8, 4) is 11.3 Å². The van der Waals surface area contributed by atoms with E-state index in [0.717, 1.165) is 35.6 Å². The second kappa shape index (κ2) is 4.96. The molecule has 19 heavy (non-hydrogen) atoms. The SMILES string of the molecule is Cc1[nH]c(C2CCC(=O)CC2)nc1-c1ccncc1. The smallest absolute Gasteiger partial charge is 0.132 e. The van der Waals surface area contributed by atoms with E-state index in [1.54, 1.807) is 12.4 Å². The van der Waals surface area contributed by atoms with Gasteiger partial charge in [0, 0.05) is 42.4 Å². The number of Topliss-reactive ketones (excluding diaryl/α,β-unsaturated/α-hetero) is 1. The number of rotatable bonds is 2. The number of aryl methyl sites for hydroxylation is 1. The largest absolute Gasteiger partial charge is 0.345 e. The van der Waals surface area contributed by atoms with Gasteiger partial charge in [0.2, 0.25) is 0 Å². The summed E-state index contributed by atoms with van der Waals surface area (Å²) in [6, 6.07) is 3.94. The average Bonchev–Trinajstić information content (AvgIpc) is 2.83. The Morgan fingerprint density at radius 2 is 1.89 bits per heavy atom. The molecule has 1 fully saturated rings. The second-order valence-corrected chi connectivity index (χ2v) is 5.14. The first kappa shape index (κ1) is 12.1. The van der Waals surface area contributed by atoms with Gasteiger partial charge in [-0.2, -0.15) is 0 Å². The fourth-order valence-electron chi connectivity index (χ4n) is 2.68. The Balaban J connectivity index is 1.87. The molecule has 0 unspecified atom stereocenters. The molecule has 2 aromatic rings. The Kier molecular flexibility index (Phi) is 3.15. The molecular formula is C15H17N3O. The van der Waals surface area contributed by atoms with E-state index in [9.17, 15) is 4.79 Å². The molecule has 0 aromatic carbocycles. The molecule has 0 bridgehead atoms. The van der Waals surface area contributed by atoms with Crippen LogP contribution in [-0.4, -0.2) is 20.7 Å². The Bertz CT molecular complexity index is 579. The minimum atomic E-state index is 0.383. The van der Waals surface area contributed by atoms with Crippen molar-refractivity contribution in [2.75, 3.05) is 0 Å². The number of pyridine rings is 1. The van der Waals surface area contributed by atoms with Crippen LogP contribution in [0, 0.1) is 6.92 Å². The minimum Gasteiger partial charge on any atom is -0.345 e. The zero-order valence-electron chi connectivity index (χ0n) is 11.0. The van der Waals surface area contributed by atoms with Crippen LogP contribution in [0.25, 0.3) is 11.3 Å². The van der Waals surface area contributed by atoms with Gasteiger partial charge in [-0.25, -0.2) is 4.98 Å². The number of carbonyl (C=O) groups is 1. The van der Waals surface area contributed by atoms with Crippen molar-refractivity contribution in [3.05, 3.63) is 36.0 Å². The molecule has 0 amide bonds. The highest BCUT2D eigenvalue weighted by Gasteiger charge is 2.23. The van der Waals surface area contributed by atoms with Crippen LogP contribution < -0.4 is 0 Å². The lowest BCUT2D eigenvalue weighted by Gasteiger charge is -2.18. The lowest BCUT2D eigenvalue weighted by atomic mass is 9.88. The standard InChI is InChI=1S/C15H17N3O/c1-10-14(11-6-8-16-9-7-11)18-15(17-10)12-2-4-13(19)5-3-12/h6-9,12H,2-5H2,1H3,(H,17,18). The van der Waals surface area contributed by atoms with Crippen molar-refractivity contribution in [2.45, 2.75) is 38.5 Å². The molecule has 1 N–H and O–H groups in total. The number of carbonyl (C=O) groups excluding carboxylic acids is 1. The number of hydrogen-bond acceptors (Lipinski definition) is 3. The van der Waals surface area contributed by atoms with Crippen LogP contribution in [0.2, 0.25) is 0 Å². The van der Waals surface area contributed by atoms with Crippen LogP contribution in [0.15, 0.2) is 24.5 Å². The van der Waals surface area contributed by atoms with Crippen molar-refractivity contribution >= 4 is 5.78 Å². The van der Waals surface area contributed by atoms with Gasteiger partial charge < -0.3 is 4.98 Å². The van der Waals surface area contributed by atoms with E-state index < -0.39 is 0 Å². The van der Waals surface area contributed by atoms with Crippen molar-refractivity contribution < 1.29 is 4.79 Å². The molecule has 0 saturated heterocycles. The summed E-state index contributed by atoms with van der Waals surface area (Å²) in [6.07, 6.45) is 6.78. The quantitative estimate of drug-likeness (QED) is 0.897. The van der Waals surface area contributed by atoms with Gasteiger partial charge in [-0.15, -0.1) is 0 Å². The van der Waals surface area contributed by atoms with Crippen LogP contribution >= 0.6 is 0 Å². The third kappa shape index (κ3) is 2.43. The van der Waals surface area contributed by atoms with E-state index in [4.69, 9.17) is 4.98 Å². The third-order valence-corrected chi connectivity index (χ3v) is 3.79. The van der Waals surface area contributed by atoms with Crippen LogP contribution in [0.4, 0.5) is 0 Å². The predicted octanol–water partition coefficient (Wildman–Crippen LogP) is 3.01. The van der Waals surface area contributed by atoms with Gasteiger partial charge in [-0.1, -0.05) is 0 Å². The molecule has 3 rings (SSSR count). The van der Waals surface area contributed by atoms with Gasteiger partial charge in [0.15, 0.2) is 0 Å². The number of H-pyrrole nitrogens is 1. The van der Waals surface area contributed by atoms with Gasteiger partial charge in [-0.3, -0.25) is 9.78 Å². The van der Waals surface area contributed by atoms with E-state index >= 15 is 0 Å². The third-order valence-electron chi connectivity index (χ3n) is 3.79. The van der Waals surface area contributed by atoms with E-state index in [1.165, 1.54) is 0 Å². The Morgan fingerprint density at radius 1 is 1.21 bits per heavy atom. The normalized spacial score (nSPS) is 16.8. The molecule has 0 spiro atoms. The van der Waals surface area contributed by atoms with Crippen LogP contribution in [0.3, 0.4) is 0 Å². The van der Waals surface area contributed by atoms with Gasteiger partial charge in [0.05, 0.1) is 5.69 Å². The fraction of sp³-hybridized carbons (Fsp3) is 0.400. The van der Waals surface area contributed by atoms with E-state index in [-0.39, 0.29) is 0 Å². The van der Waals surface area contributed by atoms with Crippen molar-refractivity contribution in [3.63, 3.8) is 0 Å². The summed E-state index contributed by atoms with van der Waals surface area (Å²) in [5.74, 6) is 1.80. The van der Waals surface area contributed by atoms with Gasteiger partial charge >= 0.3 is 0 Å². The van der Waals surface area contributed by atoms with E-state index in [2.05, 4.69) is 9.97 Å². The Labute approximate surface area is 112 Å². The van der Waals surface area contributed by atoms with E-state index in [0.29, 0.717) is 24.5 Å². The van der Waals surface area contributed by atoms with Crippen molar-refractivity contribution in [1.29, 1.82) is 0 Å². The fourth-order valence-corrected chi connectivity index (χ4v) is 2.68. The van der Waals surface area contributed by atoms with Crippen LogP contribution in [0.1, 0.15) is 43.1 Å². The lowest BCUT2D eigenvalue weighted by Crippen LogP contribution is -2.13. The van der Waals surface area contributed by atoms with Crippen LogP contribution in [-0.2, 0) is 4.79 Å². The summed E-state index contributed by atoms with van der Waals surface area (Å²) >= 11 is 0. The highest BCUT2D eigenvalue weighted by molar-refractivity contribution is 5.79. The predicted molar refractivity (Wildman–Crippen MR) is 72.8 cm³/mol. The maximum atomic E-state index is 11.3. The molecule has 1 saturated carbocycles. The molecule has 4 nitrogen and oxygen atoms in total. The zero-order chi connectivity index (χ0) is 13.2. The summed E-state index contributed by atoms with van der Waals surface area (Å²) < 4.78 is 0. The summed E-state index contributed by atoms with van der Waals surface area (Å²) in [4.78, 5) is 23.4. The van der Waals surface area contributed by atoms with Crippen LogP contribution in [0.5, 0.6) is 0 Å². The number of aromatic nitrogens is 3. The second-order valence-electron chi connectivity index (χ2n) is 5.14. The number of nitrogens with zero attached hydrogens (tertiary/aromatic N) is 2. The molecule has 1 aliphatic rings. The van der Waals surface area contributed by atoms with Crippen molar-refractivity contribution in [2.24, 2.45) is 0 Å². The first-order chi connectivity index (χ1) is 9.24. The minimum absolute atomic E-state index is 0.383. The molecule has 0 atom stereocenters. The van der Waals surface area contributed by atoms with Gasteiger partial charge in [0.25, 0.3) is 0 Å². The van der Waals surface area contributed by atoms with E-state index in [1.807, 2.05) is 19.1 Å². The molecule has 2 heterocycles. The molecule has 1 aliphatic carbocycles. The topological polar surface area (TPSA) is 58.6 Å². The number of imidazole rings is 1. The summed E-state index contributed by atoms with van der Waals surface area (Å²) in [7, 11) is 0. The van der Waals surface area contributed by atoms with Gasteiger partial charge in [-0.05, 0) is 31.9 Å². The zero-order valence-corrected chi connectivity index (χ0v) is 11.0. The molecular weight excluding hydrogens is 238 g/mol. The highest BCUT2D eigenvalue weighted by atomic mass is 16.1. The first-order valence-electron chi connectivity index (χ1n) is 6.72. The first-order valence-corrected chi connectivity index (χ1v) is 6.72.